The average Bonchev–Trinajstić information content (AvgIpc) is 2.69. The zero-order valence-corrected chi connectivity index (χ0v) is 15.2. The van der Waals surface area contributed by atoms with Gasteiger partial charge in [-0.05, 0) is 49.9 Å². The molecule has 10 heteroatoms. The second kappa shape index (κ2) is 8.77. The molecule has 152 valence electrons. The van der Waals surface area contributed by atoms with Crippen molar-refractivity contribution in [2.75, 3.05) is 5.32 Å². The van der Waals surface area contributed by atoms with Crippen molar-refractivity contribution >= 4 is 11.7 Å². The Labute approximate surface area is 164 Å². The number of alkyl halides is 3. The molecule has 0 aliphatic heterocycles. The number of anilines is 1. The minimum atomic E-state index is -4.42. The lowest BCUT2D eigenvalue weighted by atomic mass is 9.93. The molecule has 0 atom stereocenters. The van der Waals surface area contributed by atoms with Crippen molar-refractivity contribution in [2.24, 2.45) is 0 Å². The summed E-state index contributed by atoms with van der Waals surface area (Å²) in [5, 5.41) is 14.4. The van der Waals surface area contributed by atoms with Crippen molar-refractivity contribution in [3.05, 3.63) is 47.9 Å². The van der Waals surface area contributed by atoms with Gasteiger partial charge in [0.15, 0.2) is 0 Å². The van der Waals surface area contributed by atoms with Crippen LogP contribution >= 0.6 is 0 Å². The number of urea groups is 1. The van der Waals surface area contributed by atoms with E-state index in [0.29, 0.717) is 25.7 Å². The van der Waals surface area contributed by atoms with Gasteiger partial charge in [-0.2, -0.15) is 18.4 Å². The molecule has 7 nitrogen and oxygen atoms in total. The normalized spacial score (nSPS) is 19.1. The van der Waals surface area contributed by atoms with Gasteiger partial charge in [-0.15, -0.1) is 0 Å². The van der Waals surface area contributed by atoms with Crippen LogP contribution in [0, 0.1) is 11.3 Å². The second-order valence-corrected chi connectivity index (χ2v) is 6.59. The number of aromatic nitrogens is 2. The van der Waals surface area contributed by atoms with Crippen LogP contribution in [0.5, 0.6) is 5.88 Å². The van der Waals surface area contributed by atoms with E-state index in [2.05, 4.69) is 20.6 Å². The number of nitrogens with zero attached hydrogens (tertiary/aromatic N) is 3. The van der Waals surface area contributed by atoms with Crippen molar-refractivity contribution in [2.45, 2.75) is 44.0 Å². The third-order valence-electron chi connectivity index (χ3n) is 4.53. The summed E-state index contributed by atoms with van der Waals surface area (Å²) in [6.45, 7) is 0. The van der Waals surface area contributed by atoms with Gasteiger partial charge in [-0.1, -0.05) is 0 Å². The fraction of sp³-hybridized carbons (Fsp3) is 0.368. The second-order valence-electron chi connectivity index (χ2n) is 6.59. The number of hydrogen-bond donors (Lipinski definition) is 2. The fourth-order valence-electron chi connectivity index (χ4n) is 3.07. The molecule has 1 aromatic carbocycles. The summed E-state index contributed by atoms with van der Waals surface area (Å²) in [5.41, 5.74) is -0.368. The molecule has 1 aliphatic carbocycles. The maximum atomic E-state index is 12.6. The van der Waals surface area contributed by atoms with E-state index in [0.717, 1.165) is 12.1 Å². The molecular formula is C19H18F3N5O2. The minimum Gasteiger partial charge on any atom is -0.472 e. The van der Waals surface area contributed by atoms with E-state index in [9.17, 15) is 18.0 Å². The minimum absolute atomic E-state index is 0.0819. The molecular weight excluding hydrogens is 387 g/mol. The van der Waals surface area contributed by atoms with E-state index in [4.69, 9.17) is 10.00 Å². The Balaban J connectivity index is 1.45. The maximum Gasteiger partial charge on any atom is 0.416 e. The lowest BCUT2D eigenvalue weighted by Gasteiger charge is -2.29. The number of nitriles is 1. The van der Waals surface area contributed by atoms with Gasteiger partial charge in [0.25, 0.3) is 5.88 Å². The number of benzene rings is 1. The average molecular weight is 405 g/mol. The molecule has 1 aliphatic rings. The molecule has 3 rings (SSSR count). The number of rotatable bonds is 4. The zero-order chi connectivity index (χ0) is 20.9. The highest BCUT2D eigenvalue weighted by Crippen LogP contribution is 2.30. The zero-order valence-electron chi connectivity index (χ0n) is 15.2. The molecule has 0 unspecified atom stereocenters. The molecule has 1 aromatic heterocycles. The van der Waals surface area contributed by atoms with Crippen LogP contribution in [-0.2, 0) is 6.18 Å². The van der Waals surface area contributed by atoms with Crippen LogP contribution in [0.2, 0.25) is 0 Å². The van der Waals surface area contributed by atoms with E-state index in [1.807, 2.05) is 6.07 Å². The summed E-state index contributed by atoms with van der Waals surface area (Å²) in [7, 11) is 0. The Morgan fingerprint density at radius 3 is 2.38 bits per heavy atom. The van der Waals surface area contributed by atoms with Gasteiger partial charge in [-0.25, -0.2) is 14.8 Å². The first-order valence-corrected chi connectivity index (χ1v) is 8.97. The molecule has 0 radical (unpaired) electrons. The van der Waals surface area contributed by atoms with E-state index < -0.39 is 17.8 Å². The van der Waals surface area contributed by atoms with Crippen LogP contribution in [0.15, 0.2) is 36.7 Å². The van der Waals surface area contributed by atoms with Gasteiger partial charge in [-0.3, -0.25) is 0 Å². The molecule has 1 heterocycles. The van der Waals surface area contributed by atoms with Crippen LogP contribution in [-0.4, -0.2) is 28.1 Å². The van der Waals surface area contributed by atoms with Crippen molar-refractivity contribution in [1.29, 1.82) is 5.26 Å². The lowest BCUT2D eigenvalue weighted by Crippen LogP contribution is -2.41. The van der Waals surface area contributed by atoms with E-state index in [-0.39, 0.29) is 29.4 Å². The summed E-state index contributed by atoms with van der Waals surface area (Å²) in [5.74, 6) is 0.200. The molecule has 2 aromatic rings. The summed E-state index contributed by atoms with van der Waals surface area (Å²) in [6, 6.07) is 5.62. The first-order valence-electron chi connectivity index (χ1n) is 8.97. The Morgan fingerprint density at radius 2 is 1.76 bits per heavy atom. The highest BCUT2D eigenvalue weighted by Gasteiger charge is 2.30. The number of amides is 2. The Kier molecular flexibility index (Phi) is 6.16. The van der Waals surface area contributed by atoms with Crippen LogP contribution in [0.4, 0.5) is 23.7 Å². The summed E-state index contributed by atoms with van der Waals surface area (Å²) < 4.78 is 43.5. The van der Waals surface area contributed by atoms with Crippen molar-refractivity contribution in [1.82, 2.24) is 15.3 Å². The van der Waals surface area contributed by atoms with Crippen molar-refractivity contribution in [3.8, 4) is 11.9 Å². The number of carbonyl (C=O) groups excluding carboxylic acids is 1. The molecule has 2 N–H and O–H groups in total. The Hall–Kier alpha value is -3.35. The third-order valence-corrected chi connectivity index (χ3v) is 4.53. The van der Waals surface area contributed by atoms with Crippen molar-refractivity contribution < 1.29 is 22.7 Å². The first-order chi connectivity index (χ1) is 13.8. The largest absolute Gasteiger partial charge is 0.472 e. The number of ether oxygens (including phenoxy) is 1. The van der Waals surface area contributed by atoms with Crippen LogP contribution < -0.4 is 15.4 Å². The molecule has 0 bridgehead atoms. The predicted molar refractivity (Wildman–Crippen MR) is 97.0 cm³/mol. The van der Waals surface area contributed by atoms with Gasteiger partial charge in [0.1, 0.15) is 12.2 Å². The molecule has 29 heavy (non-hydrogen) atoms. The maximum absolute atomic E-state index is 12.6. The molecule has 0 saturated heterocycles. The Bertz CT molecular complexity index is 888. The van der Waals surface area contributed by atoms with Gasteiger partial charge in [0.05, 0.1) is 5.56 Å². The molecule has 0 spiro atoms. The number of nitrogens with one attached hydrogen (secondary N) is 2. The van der Waals surface area contributed by atoms with Crippen LogP contribution in [0.1, 0.15) is 36.9 Å². The lowest BCUT2D eigenvalue weighted by molar-refractivity contribution is -0.137. The third kappa shape index (κ3) is 5.57. The van der Waals surface area contributed by atoms with Gasteiger partial charge in [0.2, 0.25) is 5.69 Å². The SMILES string of the molecule is N#Cc1nccnc1OC1CCC(NC(=O)Nc2ccc(C(F)(F)F)cc2)CC1. The number of halogens is 3. The Morgan fingerprint density at radius 1 is 1.10 bits per heavy atom. The standard InChI is InChI=1S/C19H18F3N5O2/c20-19(21,22)12-1-3-13(4-2-12)26-18(28)27-14-5-7-15(8-6-14)29-17-16(11-23)24-9-10-25-17/h1-4,9-10,14-15H,5-8H2,(H2,26,27,28). The quantitative estimate of drug-likeness (QED) is 0.804. The monoisotopic (exact) mass is 405 g/mol. The van der Waals surface area contributed by atoms with Crippen LogP contribution in [0.25, 0.3) is 0 Å². The molecule has 1 fully saturated rings. The van der Waals surface area contributed by atoms with Gasteiger partial charge < -0.3 is 15.4 Å². The smallest absolute Gasteiger partial charge is 0.416 e. The van der Waals surface area contributed by atoms with Gasteiger partial charge >= 0.3 is 12.2 Å². The molecule has 1 saturated carbocycles. The number of carbonyl (C=O) groups is 1. The predicted octanol–water partition coefficient (Wildman–Crippen LogP) is 3.88. The van der Waals surface area contributed by atoms with Gasteiger partial charge in [0, 0.05) is 24.1 Å². The van der Waals surface area contributed by atoms with Crippen LogP contribution in [0.3, 0.4) is 0 Å². The summed E-state index contributed by atoms with van der Waals surface area (Å²) >= 11 is 0. The topological polar surface area (TPSA) is 99.9 Å². The highest BCUT2D eigenvalue weighted by molar-refractivity contribution is 5.89. The first kappa shape index (κ1) is 20.4. The van der Waals surface area contributed by atoms with E-state index in [1.54, 1.807) is 0 Å². The van der Waals surface area contributed by atoms with E-state index in [1.165, 1.54) is 24.5 Å². The summed E-state index contributed by atoms with van der Waals surface area (Å²) in [6.07, 6.45) is 0.965. The number of hydrogen-bond acceptors (Lipinski definition) is 5. The highest BCUT2D eigenvalue weighted by atomic mass is 19.4. The van der Waals surface area contributed by atoms with E-state index >= 15 is 0 Å². The fourth-order valence-corrected chi connectivity index (χ4v) is 3.07. The molecule has 2 amide bonds. The summed E-state index contributed by atoms with van der Waals surface area (Å²) in [4.78, 5) is 20.0. The van der Waals surface area contributed by atoms with Crippen molar-refractivity contribution in [3.63, 3.8) is 0 Å².